The Bertz CT molecular complexity index is 184. The fourth-order valence-electron chi connectivity index (χ4n) is 2.93. The molecular weight excluding hydrogens is 200 g/mol. The second kappa shape index (κ2) is 6.58. The van der Waals surface area contributed by atoms with Crippen LogP contribution < -0.4 is 5.32 Å². The average Bonchev–Trinajstić information content (AvgIpc) is 2.59. The first-order valence-electron chi connectivity index (χ1n) is 6.85. The van der Waals surface area contributed by atoms with E-state index in [4.69, 9.17) is 4.74 Å². The highest BCUT2D eigenvalue weighted by Gasteiger charge is 2.21. The van der Waals surface area contributed by atoms with Crippen LogP contribution in [0.15, 0.2) is 0 Å². The lowest BCUT2D eigenvalue weighted by Crippen LogP contribution is -2.37. The van der Waals surface area contributed by atoms with E-state index in [1.54, 1.807) is 0 Å². The Kier molecular flexibility index (Phi) is 5.07. The van der Waals surface area contributed by atoms with E-state index in [0.717, 1.165) is 25.2 Å². The summed E-state index contributed by atoms with van der Waals surface area (Å²) in [5.74, 6) is 0.870. The molecule has 0 spiro atoms. The van der Waals surface area contributed by atoms with Gasteiger partial charge in [-0.15, -0.1) is 0 Å². The lowest BCUT2D eigenvalue weighted by molar-refractivity contribution is 0.0494. The normalized spacial score (nSPS) is 29.2. The summed E-state index contributed by atoms with van der Waals surface area (Å²) < 4.78 is 5.42. The standard InChI is InChI=1S/C13H26N2O/c1-15(11-12-5-9-16-10-6-12)13-3-2-7-14-8-4-13/h12-14H,2-11H2,1H3. The molecule has 0 aromatic carbocycles. The summed E-state index contributed by atoms with van der Waals surface area (Å²) in [6.45, 7) is 5.63. The SMILES string of the molecule is CN(CC1CCOCC1)C1CCCNCC1. The van der Waals surface area contributed by atoms with Gasteiger partial charge in [-0.3, -0.25) is 0 Å². The molecule has 1 unspecified atom stereocenters. The van der Waals surface area contributed by atoms with Crippen LogP contribution in [0.25, 0.3) is 0 Å². The van der Waals surface area contributed by atoms with Gasteiger partial charge in [0.2, 0.25) is 0 Å². The van der Waals surface area contributed by atoms with Crippen molar-refractivity contribution in [3.05, 3.63) is 0 Å². The predicted molar refractivity (Wildman–Crippen MR) is 66.7 cm³/mol. The molecule has 2 fully saturated rings. The molecule has 1 N–H and O–H groups in total. The molecule has 16 heavy (non-hydrogen) atoms. The van der Waals surface area contributed by atoms with Gasteiger partial charge in [-0.1, -0.05) is 0 Å². The molecule has 2 saturated heterocycles. The Morgan fingerprint density at radius 1 is 1.12 bits per heavy atom. The van der Waals surface area contributed by atoms with Crippen molar-refractivity contribution in [3.8, 4) is 0 Å². The van der Waals surface area contributed by atoms with E-state index < -0.39 is 0 Å². The molecule has 3 heteroatoms. The summed E-state index contributed by atoms with van der Waals surface area (Å²) in [6, 6.07) is 0.804. The molecule has 1 atom stereocenters. The van der Waals surface area contributed by atoms with Crippen LogP contribution in [0, 0.1) is 5.92 Å². The number of rotatable bonds is 3. The molecule has 2 aliphatic rings. The molecule has 2 aliphatic heterocycles. The lowest BCUT2D eigenvalue weighted by Gasteiger charge is -2.32. The Labute approximate surface area is 99.5 Å². The highest BCUT2D eigenvalue weighted by atomic mass is 16.5. The van der Waals surface area contributed by atoms with Gasteiger partial charge in [-0.05, 0) is 58.2 Å². The molecule has 0 radical (unpaired) electrons. The van der Waals surface area contributed by atoms with Crippen LogP contribution in [0.2, 0.25) is 0 Å². The Morgan fingerprint density at radius 3 is 2.75 bits per heavy atom. The minimum Gasteiger partial charge on any atom is -0.381 e. The lowest BCUT2D eigenvalue weighted by atomic mass is 9.98. The summed E-state index contributed by atoms with van der Waals surface area (Å²) in [7, 11) is 2.31. The molecule has 0 saturated carbocycles. The second-order valence-corrected chi connectivity index (χ2v) is 5.33. The van der Waals surface area contributed by atoms with Crippen molar-refractivity contribution in [3.63, 3.8) is 0 Å². The number of nitrogens with zero attached hydrogens (tertiary/aromatic N) is 1. The van der Waals surface area contributed by atoms with Crippen molar-refractivity contribution in [2.45, 2.75) is 38.1 Å². The summed E-state index contributed by atoms with van der Waals surface area (Å²) in [6.07, 6.45) is 6.54. The van der Waals surface area contributed by atoms with E-state index in [2.05, 4.69) is 17.3 Å². The van der Waals surface area contributed by atoms with Crippen LogP contribution in [0.1, 0.15) is 32.1 Å². The number of nitrogens with one attached hydrogen (secondary N) is 1. The monoisotopic (exact) mass is 226 g/mol. The summed E-state index contributed by atoms with van der Waals surface area (Å²) in [5.41, 5.74) is 0. The first-order valence-corrected chi connectivity index (χ1v) is 6.85. The van der Waals surface area contributed by atoms with E-state index in [0.29, 0.717) is 0 Å². The fourth-order valence-corrected chi connectivity index (χ4v) is 2.93. The molecule has 3 nitrogen and oxygen atoms in total. The third-order valence-corrected chi connectivity index (χ3v) is 4.06. The van der Waals surface area contributed by atoms with E-state index in [-0.39, 0.29) is 0 Å². The Hall–Kier alpha value is -0.120. The minimum absolute atomic E-state index is 0.804. The predicted octanol–water partition coefficient (Wildman–Crippen LogP) is 1.49. The van der Waals surface area contributed by atoms with Crippen molar-refractivity contribution in [1.82, 2.24) is 10.2 Å². The van der Waals surface area contributed by atoms with Crippen LogP contribution in [-0.2, 0) is 4.74 Å². The minimum atomic E-state index is 0.804. The summed E-state index contributed by atoms with van der Waals surface area (Å²) in [5, 5.41) is 3.49. The second-order valence-electron chi connectivity index (χ2n) is 5.33. The third kappa shape index (κ3) is 3.72. The van der Waals surface area contributed by atoms with Crippen LogP contribution in [-0.4, -0.2) is 50.8 Å². The van der Waals surface area contributed by atoms with Crippen molar-refractivity contribution >= 4 is 0 Å². The fraction of sp³-hybridized carbons (Fsp3) is 1.00. The molecule has 0 amide bonds. The zero-order valence-electron chi connectivity index (χ0n) is 10.6. The largest absolute Gasteiger partial charge is 0.381 e. The summed E-state index contributed by atoms with van der Waals surface area (Å²) in [4.78, 5) is 2.60. The van der Waals surface area contributed by atoms with Gasteiger partial charge in [0.15, 0.2) is 0 Å². The van der Waals surface area contributed by atoms with Crippen molar-refractivity contribution in [2.24, 2.45) is 5.92 Å². The summed E-state index contributed by atoms with van der Waals surface area (Å²) >= 11 is 0. The first kappa shape index (κ1) is 12.3. The maximum absolute atomic E-state index is 5.42. The van der Waals surface area contributed by atoms with Gasteiger partial charge in [-0.2, -0.15) is 0 Å². The highest BCUT2D eigenvalue weighted by molar-refractivity contribution is 4.76. The van der Waals surface area contributed by atoms with Gasteiger partial charge in [0.25, 0.3) is 0 Å². The van der Waals surface area contributed by atoms with Gasteiger partial charge in [0, 0.05) is 25.8 Å². The molecule has 2 heterocycles. The Balaban J connectivity index is 1.74. The molecule has 0 aromatic heterocycles. The number of ether oxygens (including phenoxy) is 1. The number of hydrogen-bond acceptors (Lipinski definition) is 3. The molecular formula is C13H26N2O. The van der Waals surface area contributed by atoms with Gasteiger partial charge >= 0.3 is 0 Å². The average molecular weight is 226 g/mol. The number of hydrogen-bond donors (Lipinski definition) is 1. The molecule has 0 aromatic rings. The molecule has 94 valence electrons. The van der Waals surface area contributed by atoms with E-state index >= 15 is 0 Å². The zero-order valence-corrected chi connectivity index (χ0v) is 10.6. The van der Waals surface area contributed by atoms with E-state index in [1.165, 1.54) is 51.7 Å². The third-order valence-electron chi connectivity index (χ3n) is 4.06. The van der Waals surface area contributed by atoms with Crippen molar-refractivity contribution in [2.75, 3.05) is 39.9 Å². The van der Waals surface area contributed by atoms with Crippen molar-refractivity contribution < 1.29 is 4.74 Å². The van der Waals surface area contributed by atoms with Crippen LogP contribution in [0.4, 0.5) is 0 Å². The maximum atomic E-state index is 5.42. The molecule has 2 rings (SSSR count). The van der Waals surface area contributed by atoms with Crippen LogP contribution in [0.5, 0.6) is 0 Å². The van der Waals surface area contributed by atoms with Gasteiger partial charge in [-0.25, -0.2) is 0 Å². The van der Waals surface area contributed by atoms with Crippen LogP contribution >= 0.6 is 0 Å². The van der Waals surface area contributed by atoms with Gasteiger partial charge < -0.3 is 15.0 Å². The molecule has 0 aliphatic carbocycles. The first-order chi connectivity index (χ1) is 7.86. The van der Waals surface area contributed by atoms with Gasteiger partial charge in [0.1, 0.15) is 0 Å². The van der Waals surface area contributed by atoms with E-state index in [1.807, 2.05) is 0 Å². The zero-order chi connectivity index (χ0) is 11.2. The van der Waals surface area contributed by atoms with Gasteiger partial charge in [0.05, 0.1) is 0 Å². The Morgan fingerprint density at radius 2 is 1.94 bits per heavy atom. The van der Waals surface area contributed by atoms with Crippen LogP contribution in [0.3, 0.4) is 0 Å². The smallest absolute Gasteiger partial charge is 0.0469 e. The maximum Gasteiger partial charge on any atom is 0.0469 e. The topological polar surface area (TPSA) is 24.5 Å². The molecule has 0 bridgehead atoms. The van der Waals surface area contributed by atoms with Crippen molar-refractivity contribution in [1.29, 1.82) is 0 Å². The highest BCUT2D eigenvalue weighted by Crippen LogP contribution is 2.19. The van der Waals surface area contributed by atoms with E-state index in [9.17, 15) is 0 Å². The quantitative estimate of drug-likeness (QED) is 0.789.